The van der Waals surface area contributed by atoms with Gasteiger partial charge in [-0.2, -0.15) is 0 Å². The standard InChI is InChI=1S/C9H14N2OS/c1-4-11(13-3)8-5-6-10-9(12)7(8)2/h5-6H,4H2,1-3H3,(H,10,12). The van der Waals surface area contributed by atoms with Gasteiger partial charge in [-0.1, -0.05) is 11.9 Å². The van der Waals surface area contributed by atoms with Crippen molar-refractivity contribution < 1.29 is 0 Å². The molecule has 0 amide bonds. The molecular formula is C9H14N2OS. The van der Waals surface area contributed by atoms with E-state index in [9.17, 15) is 4.79 Å². The second kappa shape index (κ2) is 4.37. The summed E-state index contributed by atoms with van der Waals surface area (Å²) in [7, 11) is 0. The summed E-state index contributed by atoms with van der Waals surface area (Å²) in [5.41, 5.74) is 1.77. The molecule has 0 bridgehead atoms. The largest absolute Gasteiger partial charge is 0.329 e. The van der Waals surface area contributed by atoms with Gasteiger partial charge < -0.3 is 9.29 Å². The van der Waals surface area contributed by atoms with E-state index in [1.54, 1.807) is 18.1 Å². The van der Waals surface area contributed by atoms with Gasteiger partial charge in [0.2, 0.25) is 0 Å². The highest BCUT2D eigenvalue weighted by molar-refractivity contribution is 7.99. The van der Waals surface area contributed by atoms with Crippen LogP contribution in [-0.4, -0.2) is 17.8 Å². The number of rotatable bonds is 3. The maximum Gasteiger partial charge on any atom is 0.252 e. The first-order chi connectivity index (χ1) is 6.20. The van der Waals surface area contributed by atoms with Crippen LogP contribution >= 0.6 is 11.9 Å². The number of anilines is 1. The summed E-state index contributed by atoms with van der Waals surface area (Å²) in [6, 6.07) is 1.93. The molecule has 0 aliphatic carbocycles. The second-order valence-electron chi connectivity index (χ2n) is 2.69. The third-order valence-corrected chi connectivity index (χ3v) is 2.85. The smallest absolute Gasteiger partial charge is 0.252 e. The molecule has 0 fully saturated rings. The summed E-state index contributed by atoms with van der Waals surface area (Å²) in [6.45, 7) is 4.80. The van der Waals surface area contributed by atoms with Crippen LogP contribution in [0.4, 0.5) is 5.69 Å². The normalized spacial score (nSPS) is 10.1. The molecule has 0 saturated heterocycles. The quantitative estimate of drug-likeness (QED) is 0.752. The fourth-order valence-corrected chi connectivity index (χ4v) is 1.87. The van der Waals surface area contributed by atoms with Gasteiger partial charge in [0.05, 0.1) is 5.69 Å². The maximum absolute atomic E-state index is 11.3. The predicted octanol–water partition coefficient (Wildman–Crippen LogP) is 1.79. The number of H-pyrrole nitrogens is 1. The van der Waals surface area contributed by atoms with Crippen molar-refractivity contribution >= 4 is 17.6 Å². The lowest BCUT2D eigenvalue weighted by atomic mass is 10.2. The van der Waals surface area contributed by atoms with E-state index in [0.717, 1.165) is 17.8 Å². The van der Waals surface area contributed by atoms with E-state index in [-0.39, 0.29) is 5.56 Å². The molecule has 0 aliphatic rings. The number of nitrogens with one attached hydrogen (secondary N) is 1. The Balaban J connectivity index is 3.13. The molecule has 1 aromatic rings. The summed E-state index contributed by atoms with van der Waals surface area (Å²) in [4.78, 5) is 13.9. The molecule has 4 heteroatoms. The third-order valence-electron chi connectivity index (χ3n) is 1.96. The van der Waals surface area contributed by atoms with Crippen molar-refractivity contribution in [3.8, 4) is 0 Å². The van der Waals surface area contributed by atoms with Gasteiger partial charge in [-0.25, -0.2) is 0 Å². The Bertz CT molecular complexity index is 331. The fourth-order valence-electron chi connectivity index (χ4n) is 1.21. The second-order valence-corrected chi connectivity index (χ2v) is 3.50. The Morgan fingerprint density at radius 2 is 2.31 bits per heavy atom. The summed E-state index contributed by atoms with van der Waals surface area (Å²) >= 11 is 1.63. The molecule has 0 radical (unpaired) electrons. The molecule has 0 aliphatic heterocycles. The molecule has 72 valence electrons. The van der Waals surface area contributed by atoms with Crippen molar-refractivity contribution in [1.29, 1.82) is 0 Å². The van der Waals surface area contributed by atoms with Gasteiger partial charge in [0.1, 0.15) is 0 Å². The molecule has 0 spiro atoms. The average molecular weight is 198 g/mol. The van der Waals surface area contributed by atoms with Crippen molar-refractivity contribution in [2.24, 2.45) is 0 Å². The number of aromatic nitrogens is 1. The first-order valence-electron chi connectivity index (χ1n) is 4.20. The first kappa shape index (κ1) is 10.2. The minimum atomic E-state index is -0.00926. The van der Waals surface area contributed by atoms with E-state index < -0.39 is 0 Å². The highest BCUT2D eigenvalue weighted by atomic mass is 32.2. The van der Waals surface area contributed by atoms with Gasteiger partial charge in [0.25, 0.3) is 5.56 Å². The van der Waals surface area contributed by atoms with Crippen LogP contribution in [0.1, 0.15) is 12.5 Å². The zero-order valence-corrected chi connectivity index (χ0v) is 8.94. The number of aromatic amines is 1. The minimum absolute atomic E-state index is 0.00926. The summed E-state index contributed by atoms with van der Waals surface area (Å²) in [5, 5.41) is 0. The van der Waals surface area contributed by atoms with E-state index >= 15 is 0 Å². The van der Waals surface area contributed by atoms with Crippen LogP contribution in [0.15, 0.2) is 17.1 Å². The maximum atomic E-state index is 11.3. The molecule has 0 atom stereocenters. The third kappa shape index (κ3) is 2.06. The molecule has 0 unspecified atom stereocenters. The van der Waals surface area contributed by atoms with Gasteiger partial charge in [0.15, 0.2) is 0 Å². The van der Waals surface area contributed by atoms with E-state index in [2.05, 4.69) is 16.2 Å². The van der Waals surface area contributed by atoms with E-state index in [0.29, 0.717) is 0 Å². The van der Waals surface area contributed by atoms with Gasteiger partial charge >= 0.3 is 0 Å². The number of hydrogen-bond donors (Lipinski definition) is 1. The van der Waals surface area contributed by atoms with E-state index in [1.165, 1.54) is 0 Å². The topological polar surface area (TPSA) is 36.1 Å². The van der Waals surface area contributed by atoms with Crippen LogP contribution in [0.5, 0.6) is 0 Å². The van der Waals surface area contributed by atoms with Crippen molar-refractivity contribution in [2.75, 3.05) is 17.1 Å². The van der Waals surface area contributed by atoms with Crippen molar-refractivity contribution in [1.82, 2.24) is 4.98 Å². The van der Waals surface area contributed by atoms with Crippen LogP contribution in [-0.2, 0) is 0 Å². The van der Waals surface area contributed by atoms with Gasteiger partial charge in [-0.05, 0) is 19.9 Å². The zero-order chi connectivity index (χ0) is 9.84. The molecule has 1 heterocycles. The minimum Gasteiger partial charge on any atom is -0.329 e. The number of hydrogen-bond acceptors (Lipinski definition) is 3. The van der Waals surface area contributed by atoms with Crippen LogP contribution in [0, 0.1) is 6.92 Å². The molecule has 0 saturated carbocycles. The van der Waals surface area contributed by atoms with Gasteiger partial charge in [-0.15, -0.1) is 0 Å². The van der Waals surface area contributed by atoms with Crippen LogP contribution in [0.25, 0.3) is 0 Å². The summed E-state index contributed by atoms with van der Waals surface area (Å²) in [6.07, 6.45) is 3.69. The lowest BCUT2D eigenvalue weighted by molar-refractivity contribution is 1.08. The Morgan fingerprint density at radius 3 is 2.85 bits per heavy atom. The molecular weight excluding hydrogens is 184 g/mol. The van der Waals surface area contributed by atoms with Gasteiger partial charge in [-0.3, -0.25) is 4.79 Å². The Labute approximate surface area is 82.3 Å². The molecule has 1 aromatic heterocycles. The van der Waals surface area contributed by atoms with Crippen LogP contribution in [0.3, 0.4) is 0 Å². The Hall–Kier alpha value is -0.900. The zero-order valence-electron chi connectivity index (χ0n) is 8.13. The summed E-state index contributed by atoms with van der Waals surface area (Å²) < 4.78 is 2.09. The Kier molecular flexibility index (Phi) is 3.42. The first-order valence-corrected chi connectivity index (χ1v) is 5.38. The Morgan fingerprint density at radius 1 is 1.62 bits per heavy atom. The van der Waals surface area contributed by atoms with Crippen molar-refractivity contribution in [3.63, 3.8) is 0 Å². The highest BCUT2D eigenvalue weighted by Crippen LogP contribution is 2.21. The lowest BCUT2D eigenvalue weighted by Crippen LogP contribution is -2.19. The molecule has 1 N–H and O–H groups in total. The predicted molar refractivity (Wildman–Crippen MR) is 58.3 cm³/mol. The van der Waals surface area contributed by atoms with E-state index in [4.69, 9.17) is 0 Å². The van der Waals surface area contributed by atoms with Crippen molar-refractivity contribution in [2.45, 2.75) is 13.8 Å². The number of nitrogens with zero attached hydrogens (tertiary/aromatic N) is 1. The van der Waals surface area contributed by atoms with Crippen LogP contribution in [0.2, 0.25) is 0 Å². The molecule has 13 heavy (non-hydrogen) atoms. The highest BCUT2D eigenvalue weighted by Gasteiger charge is 2.07. The van der Waals surface area contributed by atoms with Crippen molar-refractivity contribution in [3.05, 3.63) is 28.2 Å². The molecule has 3 nitrogen and oxygen atoms in total. The molecule has 0 aromatic carbocycles. The lowest BCUT2D eigenvalue weighted by Gasteiger charge is -2.20. The van der Waals surface area contributed by atoms with Crippen LogP contribution < -0.4 is 9.86 Å². The van der Waals surface area contributed by atoms with Gasteiger partial charge in [0, 0.05) is 24.6 Å². The van der Waals surface area contributed by atoms with E-state index in [1.807, 2.05) is 19.2 Å². The summed E-state index contributed by atoms with van der Waals surface area (Å²) in [5.74, 6) is 0. The monoisotopic (exact) mass is 198 g/mol. The number of pyridine rings is 1. The SMILES string of the molecule is CCN(SC)c1cc[nH]c(=O)c1C. The molecule has 1 rings (SSSR count). The fraction of sp³-hybridized carbons (Fsp3) is 0.444. The average Bonchev–Trinajstić information content (AvgIpc) is 2.14.